The van der Waals surface area contributed by atoms with Crippen LogP contribution in [0.4, 0.5) is 0 Å². The number of carboxylic acids is 1. The average Bonchev–Trinajstić information content (AvgIpc) is 3.05. The molecule has 0 bridgehead atoms. The first-order chi connectivity index (χ1) is 9.56. The standard InChI is InChI=1S/C12H12N2O4S2/c15-8(12(17)18)5-13-10(16)4-7-6-20-11(14-7)9-2-1-3-19-9/h1-3,6,8,15H,4-5H2,(H,13,16)(H,17,18). The third-order valence-electron chi connectivity index (χ3n) is 2.40. The van der Waals surface area contributed by atoms with E-state index in [1.54, 1.807) is 16.7 Å². The second kappa shape index (κ2) is 6.60. The van der Waals surface area contributed by atoms with Gasteiger partial charge < -0.3 is 15.5 Å². The number of aliphatic hydroxyl groups excluding tert-OH is 1. The van der Waals surface area contributed by atoms with Crippen molar-refractivity contribution in [3.05, 3.63) is 28.6 Å². The van der Waals surface area contributed by atoms with Gasteiger partial charge in [-0.1, -0.05) is 6.07 Å². The Balaban J connectivity index is 1.87. The first kappa shape index (κ1) is 14.6. The van der Waals surface area contributed by atoms with Gasteiger partial charge in [0.1, 0.15) is 5.01 Å². The molecule has 0 fully saturated rings. The Morgan fingerprint density at radius 3 is 2.85 bits per heavy atom. The lowest BCUT2D eigenvalue weighted by Gasteiger charge is -2.06. The van der Waals surface area contributed by atoms with Gasteiger partial charge in [0.05, 0.1) is 23.5 Å². The second-order valence-electron chi connectivity index (χ2n) is 3.96. The lowest BCUT2D eigenvalue weighted by Crippen LogP contribution is -2.37. The monoisotopic (exact) mass is 312 g/mol. The zero-order valence-electron chi connectivity index (χ0n) is 10.3. The van der Waals surface area contributed by atoms with Gasteiger partial charge >= 0.3 is 5.97 Å². The molecule has 0 aromatic carbocycles. The molecule has 0 saturated heterocycles. The van der Waals surface area contributed by atoms with Crippen molar-refractivity contribution in [1.29, 1.82) is 0 Å². The molecule has 8 heteroatoms. The van der Waals surface area contributed by atoms with Crippen molar-refractivity contribution >= 4 is 34.6 Å². The molecule has 1 unspecified atom stereocenters. The van der Waals surface area contributed by atoms with Crippen molar-refractivity contribution in [3.8, 4) is 9.88 Å². The highest BCUT2D eigenvalue weighted by atomic mass is 32.1. The maximum atomic E-state index is 11.6. The summed E-state index contributed by atoms with van der Waals surface area (Å²) in [5, 5.41) is 24.5. The van der Waals surface area contributed by atoms with Crippen LogP contribution in [0.1, 0.15) is 5.69 Å². The number of carbonyl (C=O) groups is 2. The molecule has 0 spiro atoms. The van der Waals surface area contributed by atoms with E-state index in [4.69, 9.17) is 10.2 Å². The van der Waals surface area contributed by atoms with Crippen LogP contribution in [0.15, 0.2) is 22.9 Å². The molecule has 0 aliphatic rings. The maximum absolute atomic E-state index is 11.6. The normalized spacial score (nSPS) is 12.1. The largest absolute Gasteiger partial charge is 0.479 e. The average molecular weight is 312 g/mol. The smallest absolute Gasteiger partial charge is 0.334 e. The molecule has 1 atom stereocenters. The highest BCUT2D eigenvalue weighted by molar-refractivity contribution is 7.20. The van der Waals surface area contributed by atoms with Gasteiger partial charge in [-0.25, -0.2) is 9.78 Å². The van der Waals surface area contributed by atoms with E-state index in [-0.39, 0.29) is 18.9 Å². The van der Waals surface area contributed by atoms with Crippen LogP contribution in [0.25, 0.3) is 9.88 Å². The van der Waals surface area contributed by atoms with Crippen molar-refractivity contribution < 1.29 is 19.8 Å². The summed E-state index contributed by atoms with van der Waals surface area (Å²) in [4.78, 5) is 27.4. The van der Waals surface area contributed by atoms with E-state index in [1.165, 1.54) is 11.3 Å². The minimum absolute atomic E-state index is 0.0637. The second-order valence-corrected chi connectivity index (χ2v) is 5.76. The zero-order chi connectivity index (χ0) is 14.5. The molecular formula is C12H12N2O4S2. The lowest BCUT2D eigenvalue weighted by atomic mass is 10.3. The zero-order valence-corrected chi connectivity index (χ0v) is 11.9. The molecule has 2 aromatic heterocycles. The van der Waals surface area contributed by atoms with Crippen LogP contribution in [-0.4, -0.2) is 39.7 Å². The van der Waals surface area contributed by atoms with Crippen molar-refractivity contribution in [3.63, 3.8) is 0 Å². The number of carbonyl (C=O) groups excluding carboxylic acids is 1. The van der Waals surface area contributed by atoms with Gasteiger partial charge in [-0.2, -0.15) is 0 Å². The number of nitrogens with one attached hydrogen (secondary N) is 1. The molecule has 2 rings (SSSR count). The fourth-order valence-corrected chi connectivity index (χ4v) is 3.06. The van der Waals surface area contributed by atoms with E-state index in [0.29, 0.717) is 5.69 Å². The van der Waals surface area contributed by atoms with E-state index in [0.717, 1.165) is 9.88 Å². The highest BCUT2D eigenvalue weighted by Crippen LogP contribution is 2.27. The molecule has 2 aromatic rings. The SMILES string of the molecule is O=C(Cc1csc(-c2cccs2)n1)NCC(O)C(=O)O. The number of hydrogen-bond donors (Lipinski definition) is 3. The Kier molecular flexibility index (Phi) is 4.83. The van der Waals surface area contributed by atoms with Crippen LogP contribution >= 0.6 is 22.7 Å². The summed E-state index contributed by atoms with van der Waals surface area (Å²) in [6.45, 7) is -0.309. The number of hydrogen-bond acceptors (Lipinski definition) is 6. The topological polar surface area (TPSA) is 99.5 Å². The van der Waals surface area contributed by atoms with Gasteiger partial charge in [0, 0.05) is 5.38 Å². The summed E-state index contributed by atoms with van der Waals surface area (Å²) in [6, 6.07) is 3.89. The Hall–Kier alpha value is -1.77. The van der Waals surface area contributed by atoms with E-state index in [1.807, 2.05) is 17.5 Å². The van der Waals surface area contributed by atoms with E-state index in [2.05, 4.69) is 10.3 Å². The maximum Gasteiger partial charge on any atom is 0.334 e. The molecular weight excluding hydrogens is 300 g/mol. The molecule has 1 amide bonds. The number of carboxylic acid groups (broad SMARTS) is 1. The minimum atomic E-state index is -1.59. The van der Waals surface area contributed by atoms with Crippen molar-refractivity contribution in [2.24, 2.45) is 0 Å². The summed E-state index contributed by atoms with van der Waals surface area (Å²) in [7, 11) is 0. The Morgan fingerprint density at radius 2 is 2.20 bits per heavy atom. The van der Waals surface area contributed by atoms with Gasteiger partial charge in [0.2, 0.25) is 5.91 Å². The number of aliphatic hydroxyl groups is 1. The van der Waals surface area contributed by atoms with E-state index >= 15 is 0 Å². The number of aliphatic carboxylic acids is 1. The molecule has 0 saturated carbocycles. The van der Waals surface area contributed by atoms with Gasteiger partial charge in [0.25, 0.3) is 0 Å². The van der Waals surface area contributed by atoms with Crippen molar-refractivity contribution in [2.45, 2.75) is 12.5 Å². The van der Waals surface area contributed by atoms with Crippen molar-refractivity contribution in [2.75, 3.05) is 6.54 Å². The predicted octanol–water partition coefficient (Wildman–Crippen LogP) is 0.976. The van der Waals surface area contributed by atoms with Crippen LogP contribution in [-0.2, 0) is 16.0 Å². The lowest BCUT2D eigenvalue weighted by molar-refractivity contribution is -0.146. The third kappa shape index (κ3) is 3.86. The fraction of sp³-hybridized carbons (Fsp3) is 0.250. The Bertz CT molecular complexity index is 594. The number of amides is 1. The molecule has 106 valence electrons. The number of aromatic nitrogens is 1. The summed E-state index contributed by atoms with van der Waals surface area (Å²) in [5.74, 6) is -1.73. The molecule has 2 heterocycles. The Morgan fingerprint density at radius 1 is 1.40 bits per heavy atom. The number of rotatable bonds is 6. The Labute approximate surface area is 122 Å². The van der Waals surface area contributed by atoms with Crippen LogP contribution < -0.4 is 5.32 Å². The van der Waals surface area contributed by atoms with Gasteiger partial charge in [-0.15, -0.1) is 22.7 Å². The summed E-state index contributed by atoms with van der Waals surface area (Å²) in [5.41, 5.74) is 0.626. The molecule has 20 heavy (non-hydrogen) atoms. The van der Waals surface area contributed by atoms with Crippen LogP contribution in [0.5, 0.6) is 0 Å². The molecule has 0 radical (unpaired) electrons. The molecule has 0 aliphatic carbocycles. The van der Waals surface area contributed by atoms with E-state index < -0.39 is 12.1 Å². The number of nitrogens with zero attached hydrogens (tertiary/aromatic N) is 1. The number of thiazole rings is 1. The third-order valence-corrected chi connectivity index (χ3v) is 4.33. The van der Waals surface area contributed by atoms with Gasteiger partial charge in [0.15, 0.2) is 6.10 Å². The molecule has 3 N–H and O–H groups in total. The first-order valence-corrected chi connectivity index (χ1v) is 7.48. The molecule has 0 aliphatic heterocycles. The molecule has 6 nitrogen and oxygen atoms in total. The van der Waals surface area contributed by atoms with Gasteiger partial charge in [-0.3, -0.25) is 4.79 Å². The van der Waals surface area contributed by atoms with Crippen LogP contribution in [0.3, 0.4) is 0 Å². The fourth-order valence-electron chi connectivity index (χ4n) is 1.43. The van der Waals surface area contributed by atoms with Crippen molar-refractivity contribution in [1.82, 2.24) is 10.3 Å². The predicted molar refractivity (Wildman–Crippen MR) is 75.8 cm³/mol. The summed E-state index contributed by atoms with van der Waals surface area (Å²) in [6.07, 6.45) is -1.52. The van der Waals surface area contributed by atoms with Crippen LogP contribution in [0, 0.1) is 0 Å². The number of thiophene rings is 1. The quantitative estimate of drug-likeness (QED) is 0.738. The first-order valence-electron chi connectivity index (χ1n) is 5.72. The van der Waals surface area contributed by atoms with Gasteiger partial charge in [-0.05, 0) is 11.4 Å². The van der Waals surface area contributed by atoms with Crippen LogP contribution in [0.2, 0.25) is 0 Å². The highest BCUT2D eigenvalue weighted by Gasteiger charge is 2.15. The summed E-state index contributed by atoms with van der Waals surface area (Å²) < 4.78 is 0. The minimum Gasteiger partial charge on any atom is -0.479 e. The summed E-state index contributed by atoms with van der Waals surface area (Å²) >= 11 is 3.03. The van der Waals surface area contributed by atoms with E-state index in [9.17, 15) is 9.59 Å².